The normalized spacial score (nSPS) is 13.5. The molecule has 5 amide bonds. The molecule has 2 aromatic heterocycles. The van der Waals surface area contributed by atoms with Gasteiger partial charge in [-0.15, -0.1) is 0 Å². The van der Waals surface area contributed by atoms with Gasteiger partial charge in [0.15, 0.2) is 0 Å². The van der Waals surface area contributed by atoms with Gasteiger partial charge in [0.25, 0.3) is 0 Å². The van der Waals surface area contributed by atoms with Crippen LogP contribution in [-0.2, 0) is 48.7 Å². The number of aryl methyl sites for hydroxylation is 2. The molecule has 0 aliphatic carbocycles. The maximum absolute atomic E-state index is 13.7. The zero-order valence-electron chi connectivity index (χ0n) is 27.7. The summed E-state index contributed by atoms with van der Waals surface area (Å²) in [6, 6.07) is -4.38. The number of nitrogens with zero attached hydrogens (tertiary/aromatic N) is 4. The molecule has 0 saturated heterocycles. The van der Waals surface area contributed by atoms with Crippen molar-refractivity contribution in [2.75, 3.05) is 26.2 Å². The van der Waals surface area contributed by atoms with E-state index >= 15 is 0 Å². The maximum Gasteiger partial charge on any atom is 0.249 e. The minimum Gasteiger partial charge on any atom is -0.348 e. The fourth-order valence-electron chi connectivity index (χ4n) is 5.03. The van der Waals surface area contributed by atoms with Crippen molar-refractivity contribution in [3.8, 4) is 0 Å². The summed E-state index contributed by atoms with van der Waals surface area (Å²) in [7, 11) is 1.70. The third-order valence-electron chi connectivity index (χ3n) is 7.77. The van der Waals surface area contributed by atoms with Crippen LogP contribution in [0.5, 0.6) is 0 Å². The van der Waals surface area contributed by atoms with E-state index in [9.17, 15) is 28.8 Å². The van der Waals surface area contributed by atoms with Crippen molar-refractivity contribution in [1.29, 1.82) is 0 Å². The highest BCUT2D eigenvalue weighted by Crippen LogP contribution is 2.15. The number of H-pyrrole nitrogens is 1. The summed E-state index contributed by atoms with van der Waals surface area (Å²) in [4.78, 5) is 90.1. The van der Waals surface area contributed by atoms with E-state index in [2.05, 4.69) is 30.9 Å². The van der Waals surface area contributed by atoms with Crippen LogP contribution < -0.4 is 38.9 Å². The average Bonchev–Trinajstić information content (AvgIpc) is 3.70. The lowest BCUT2D eigenvalue weighted by Crippen LogP contribution is -2.59. The number of hydrogen-bond donors (Lipinski definition) is 8. The van der Waals surface area contributed by atoms with Crippen molar-refractivity contribution in [2.45, 2.75) is 82.5 Å². The third-order valence-corrected chi connectivity index (χ3v) is 7.77. The number of aromatic amines is 1. The average molecular weight is 675 g/mol. The summed E-state index contributed by atoms with van der Waals surface area (Å²) >= 11 is 0. The van der Waals surface area contributed by atoms with Gasteiger partial charge in [-0.1, -0.05) is 0 Å². The predicted octanol–water partition coefficient (Wildman–Crippen LogP) is -3.21. The molecular weight excluding hydrogens is 624 g/mol. The predicted molar refractivity (Wildman–Crippen MR) is 175 cm³/mol. The van der Waals surface area contributed by atoms with E-state index in [-0.39, 0.29) is 19.3 Å². The second-order valence-electron chi connectivity index (χ2n) is 11.5. The van der Waals surface area contributed by atoms with Gasteiger partial charge in [0.05, 0.1) is 43.5 Å². The molecule has 0 radical (unpaired) electrons. The van der Waals surface area contributed by atoms with E-state index in [4.69, 9.17) is 22.9 Å². The molecule has 2 rings (SSSR count). The lowest BCUT2D eigenvalue weighted by molar-refractivity contribution is -0.151. The Morgan fingerprint density at radius 1 is 0.958 bits per heavy atom. The van der Waals surface area contributed by atoms with Crippen molar-refractivity contribution in [2.24, 2.45) is 30.0 Å². The number of rotatable bonds is 22. The highest BCUT2D eigenvalue weighted by atomic mass is 16.2. The van der Waals surface area contributed by atoms with E-state index in [0.717, 1.165) is 0 Å². The summed E-state index contributed by atoms with van der Waals surface area (Å²) in [5, 5.41) is 7.73. The standard InChI is InChI=1S/C30H50N12O6/c1-19-24(41(2)18-38-19)12-25(30(48)39-20(16-43)7-3-5-9-31)42(26(44)13-33)27(45)15-36-29(47)23(8-4-6-10-32)40-28(46)22(34)11-21-14-35-17-37-21/h14,16-18,20,22-23,25H,3-13,15,31-34H2,1-2H3,(H,35,37)(H,36,47)(H,39,48)(H,40,46)/t20-,22-,23-,25-/m0/s1. The molecule has 2 aromatic rings. The van der Waals surface area contributed by atoms with Gasteiger partial charge in [-0.05, 0) is 58.5 Å². The molecular formula is C30H50N12O6. The molecule has 0 aliphatic heterocycles. The molecule has 48 heavy (non-hydrogen) atoms. The Labute approximate surface area is 279 Å². The topological polar surface area (TPSA) is 292 Å². The maximum atomic E-state index is 13.7. The zero-order valence-corrected chi connectivity index (χ0v) is 27.7. The first kappa shape index (κ1) is 39.7. The number of imidazole rings is 2. The van der Waals surface area contributed by atoms with E-state index in [1.54, 1.807) is 18.5 Å². The first-order valence-corrected chi connectivity index (χ1v) is 16.0. The zero-order chi connectivity index (χ0) is 35.6. The van der Waals surface area contributed by atoms with Crippen LogP contribution in [0.4, 0.5) is 0 Å². The molecule has 12 N–H and O–H groups in total. The molecule has 4 atom stereocenters. The summed E-state index contributed by atoms with van der Waals surface area (Å²) in [6.07, 6.45) is 7.88. The molecule has 0 unspecified atom stereocenters. The number of nitrogens with one attached hydrogen (secondary N) is 4. The molecule has 0 saturated carbocycles. The van der Waals surface area contributed by atoms with Crippen LogP contribution in [-0.4, -0.2) is 111 Å². The quantitative estimate of drug-likeness (QED) is 0.0452. The molecule has 18 heteroatoms. The van der Waals surface area contributed by atoms with Gasteiger partial charge >= 0.3 is 0 Å². The Morgan fingerprint density at radius 2 is 1.65 bits per heavy atom. The van der Waals surface area contributed by atoms with Crippen LogP contribution in [0.1, 0.15) is 55.6 Å². The van der Waals surface area contributed by atoms with E-state index in [1.807, 2.05) is 0 Å². The first-order valence-electron chi connectivity index (χ1n) is 16.0. The number of hydrogen-bond acceptors (Lipinski definition) is 12. The Balaban J connectivity index is 2.27. The fourth-order valence-corrected chi connectivity index (χ4v) is 5.03. The first-order chi connectivity index (χ1) is 23.0. The SMILES string of the molecule is Cc1ncn(C)c1C[C@@H](C(=O)N[C@H](C=O)CCCCN)N(C(=O)CN)C(=O)CNC(=O)[C@H](CCCCN)NC(=O)[C@@H](N)Cc1cnc[nH]1. The number of nitrogens with two attached hydrogens (primary N) is 4. The summed E-state index contributed by atoms with van der Waals surface area (Å²) in [6.45, 7) is 1.18. The van der Waals surface area contributed by atoms with Crippen LogP contribution in [0.3, 0.4) is 0 Å². The second-order valence-corrected chi connectivity index (χ2v) is 11.5. The minimum atomic E-state index is -1.43. The Kier molecular flexibility index (Phi) is 17.1. The number of aldehydes is 1. The third kappa shape index (κ3) is 12.3. The van der Waals surface area contributed by atoms with Crippen molar-refractivity contribution >= 4 is 35.8 Å². The molecule has 0 fully saturated rings. The van der Waals surface area contributed by atoms with Crippen LogP contribution in [0.25, 0.3) is 0 Å². The molecule has 0 aromatic carbocycles. The van der Waals surface area contributed by atoms with Crippen LogP contribution in [0.2, 0.25) is 0 Å². The molecule has 2 heterocycles. The fraction of sp³-hybridized carbons (Fsp3) is 0.600. The van der Waals surface area contributed by atoms with Crippen molar-refractivity contribution in [3.63, 3.8) is 0 Å². The number of carbonyl (C=O) groups excluding carboxylic acids is 6. The molecule has 266 valence electrons. The number of carbonyl (C=O) groups is 6. The van der Waals surface area contributed by atoms with Crippen LogP contribution in [0.15, 0.2) is 18.9 Å². The molecule has 0 aliphatic rings. The van der Waals surface area contributed by atoms with Gasteiger partial charge < -0.3 is 53.2 Å². The summed E-state index contributed by atoms with van der Waals surface area (Å²) in [5.41, 5.74) is 24.6. The monoisotopic (exact) mass is 674 g/mol. The molecule has 0 spiro atoms. The minimum absolute atomic E-state index is 0.139. The Morgan fingerprint density at radius 3 is 2.21 bits per heavy atom. The molecule has 0 bridgehead atoms. The lowest BCUT2D eigenvalue weighted by atomic mass is 10.0. The van der Waals surface area contributed by atoms with Crippen molar-refractivity contribution in [1.82, 2.24) is 40.4 Å². The smallest absolute Gasteiger partial charge is 0.249 e. The van der Waals surface area contributed by atoms with Crippen LogP contribution >= 0.6 is 0 Å². The number of amides is 5. The van der Waals surface area contributed by atoms with E-state index in [1.165, 1.54) is 18.9 Å². The Hall–Kier alpha value is -4.52. The number of imide groups is 1. The second kappa shape index (κ2) is 20.7. The summed E-state index contributed by atoms with van der Waals surface area (Å²) < 4.78 is 1.65. The van der Waals surface area contributed by atoms with Gasteiger partial charge in [0.2, 0.25) is 29.5 Å². The molecule has 18 nitrogen and oxygen atoms in total. The lowest BCUT2D eigenvalue weighted by Gasteiger charge is -2.30. The van der Waals surface area contributed by atoms with Gasteiger partial charge in [0.1, 0.15) is 18.4 Å². The van der Waals surface area contributed by atoms with Crippen molar-refractivity contribution < 1.29 is 28.8 Å². The summed E-state index contributed by atoms with van der Waals surface area (Å²) in [5.74, 6) is -3.86. The van der Waals surface area contributed by atoms with Crippen molar-refractivity contribution in [3.05, 3.63) is 35.9 Å². The van der Waals surface area contributed by atoms with Gasteiger partial charge in [0, 0.05) is 37.5 Å². The highest BCUT2D eigenvalue weighted by Gasteiger charge is 2.36. The largest absolute Gasteiger partial charge is 0.348 e. The van der Waals surface area contributed by atoms with E-state index in [0.29, 0.717) is 73.5 Å². The van der Waals surface area contributed by atoms with E-state index < -0.39 is 66.8 Å². The number of aromatic nitrogens is 4. The van der Waals surface area contributed by atoms with Crippen LogP contribution in [0, 0.1) is 6.92 Å². The number of unbranched alkanes of at least 4 members (excludes halogenated alkanes) is 2. The van der Waals surface area contributed by atoms with Gasteiger partial charge in [-0.25, -0.2) is 9.97 Å². The Bertz CT molecular complexity index is 1330. The van der Waals surface area contributed by atoms with Gasteiger partial charge in [-0.3, -0.25) is 28.9 Å². The highest BCUT2D eigenvalue weighted by molar-refractivity contribution is 6.03. The van der Waals surface area contributed by atoms with Gasteiger partial charge in [-0.2, -0.15) is 0 Å².